The normalized spacial score (nSPS) is 11.4. The molecule has 128 valence electrons. The number of nitrogens with zero attached hydrogens (tertiary/aromatic N) is 7. The van der Waals surface area contributed by atoms with E-state index < -0.39 is 0 Å². The van der Waals surface area contributed by atoms with Gasteiger partial charge in [-0.3, -0.25) is 0 Å². The Morgan fingerprint density at radius 2 is 1.96 bits per heavy atom. The van der Waals surface area contributed by atoms with E-state index in [1.54, 1.807) is 16.3 Å². The highest BCUT2D eigenvalue weighted by molar-refractivity contribution is 7.19. The Bertz CT molecular complexity index is 1220. The van der Waals surface area contributed by atoms with Crippen LogP contribution in [0.2, 0.25) is 0 Å². The first-order valence-electron chi connectivity index (χ1n) is 7.95. The van der Waals surface area contributed by atoms with Crippen molar-refractivity contribution in [1.29, 1.82) is 0 Å². The minimum Gasteiger partial charge on any atom is -0.497 e. The molecule has 0 radical (unpaired) electrons. The smallest absolute Gasteiger partial charge is 0.235 e. The van der Waals surface area contributed by atoms with Gasteiger partial charge >= 0.3 is 0 Å². The third-order valence-electron chi connectivity index (χ3n) is 4.08. The molecule has 0 unspecified atom stereocenters. The second-order valence-corrected chi connectivity index (χ2v) is 6.64. The van der Waals surface area contributed by atoms with Gasteiger partial charge in [0.25, 0.3) is 0 Å². The highest BCUT2D eigenvalue weighted by atomic mass is 32.1. The summed E-state index contributed by atoms with van der Waals surface area (Å²) in [6.07, 6.45) is 0. The van der Waals surface area contributed by atoms with Crippen LogP contribution in [0.1, 0.15) is 5.82 Å². The van der Waals surface area contributed by atoms with Crippen LogP contribution in [-0.4, -0.2) is 41.9 Å². The van der Waals surface area contributed by atoms with Gasteiger partial charge in [0.15, 0.2) is 5.82 Å². The average Bonchev–Trinajstić information content (AvgIpc) is 3.38. The first-order chi connectivity index (χ1) is 12.8. The van der Waals surface area contributed by atoms with Gasteiger partial charge in [-0.2, -0.15) is 9.61 Å². The molecule has 3 heterocycles. The van der Waals surface area contributed by atoms with Crippen LogP contribution in [0.5, 0.6) is 5.75 Å². The molecule has 0 bridgehead atoms. The highest BCUT2D eigenvalue weighted by Gasteiger charge is 2.15. The molecule has 5 rings (SSSR count). The van der Waals surface area contributed by atoms with Gasteiger partial charge in [-0.1, -0.05) is 40.8 Å². The van der Waals surface area contributed by atoms with Gasteiger partial charge < -0.3 is 4.74 Å². The fourth-order valence-electron chi connectivity index (χ4n) is 2.80. The number of ether oxygens (including phenoxy) is 1. The van der Waals surface area contributed by atoms with Crippen LogP contribution in [0.4, 0.5) is 0 Å². The maximum atomic E-state index is 5.29. The topological polar surface area (TPSA) is 83.0 Å². The lowest BCUT2D eigenvalue weighted by molar-refractivity contribution is 0.415. The van der Waals surface area contributed by atoms with Gasteiger partial charge in [-0.05, 0) is 24.3 Å². The number of hydrogen-bond donors (Lipinski definition) is 0. The monoisotopic (exact) mass is 363 g/mol. The zero-order valence-electron chi connectivity index (χ0n) is 13.8. The van der Waals surface area contributed by atoms with E-state index in [-0.39, 0.29) is 0 Å². The van der Waals surface area contributed by atoms with Gasteiger partial charge in [0, 0.05) is 5.56 Å². The summed E-state index contributed by atoms with van der Waals surface area (Å²) in [5.41, 5.74) is 2.79. The number of methoxy groups -OCH3 is 1. The largest absolute Gasteiger partial charge is 0.497 e. The van der Waals surface area contributed by atoms with E-state index in [0.717, 1.165) is 32.3 Å². The summed E-state index contributed by atoms with van der Waals surface area (Å²) in [4.78, 5) is 0.738. The lowest BCUT2D eigenvalue weighted by Gasteiger charge is -2.01. The molecular weight excluding hydrogens is 350 g/mol. The maximum absolute atomic E-state index is 5.29. The number of aromatic nitrogens is 7. The van der Waals surface area contributed by atoms with Crippen molar-refractivity contribution < 1.29 is 4.74 Å². The second-order valence-electron chi connectivity index (χ2n) is 5.69. The summed E-state index contributed by atoms with van der Waals surface area (Å²) in [7, 11) is 1.65. The summed E-state index contributed by atoms with van der Waals surface area (Å²) >= 11 is 1.48. The van der Waals surface area contributed by atoms with Crippen molar-refractivity contribution in [1.82, 2.24) is 34.8 Å². The van der Waals surface area contributed by atoms with Gasteiger partial charge in [0.05, 0.1) is 12.6 Å². The number of hydrogen-bond acceptors (Lipinski definition) is 7. The molecule has 3 aromatic heterocycles. The van der Waals surface area contributed by atoms with Crippen LogP contribution in [0.3, 0.4) is 0 Å². The van der Waals surface area contributed by atoms with Gasteiger partial charge in [0.2, 0.25) is 4.96 Å². The molecule has 2 aromatic carbocycles. The van der Waals surface area contributed by atoms with E-state index in [1.807, 2.05) is 48.5 Å². The second kappa shape index (κ2) is 5.88. The minimum absolute atomic E-state index is 0.447. The molecule has 0 saturated carbocycles. The molecule has 26 heavy (non-hydrogen) atoms. The molecule has 0 aliphatic heterocycles. The Morgan fingerprint density at radius 1 is 1.04 bits per heavy atom. The lowest BCUT2D eigenvalue weighted by Crippen LogP contribution is -2.06. The fourth-order valence-corrected chi connectivity index (χ4v) is 3.65. The Labute approximate surface area is 151 Å². The molecule has 9 heteroatoms. The zero-order valence-corrected chi connectivity index (χ0v) is 14.6. The third-order valence-corrected chi connectivity index (χ3v) is 5.03. The maximum Gasteiger partial charge on any atom is 0.235 e. The van der Waals surface area contributed by atoms with Crippen molar-refractivity contribution >= 4 is 27.3 Å². The van der Waals surface area contributed by atoms with E-state index in [4.69, 9.17) is 4.74 Å². The molecule has 8 nitrogen and oxygen atoms in total. The fraction of sp³-hybridized carbons (Fsp3) is 0.118. The lowest BCUT2D eigenvalue weighted by atomic mass is 10.2. The Kier molecular flexibility index (Phi) is 3.39. The Morgan fingerprint density at radius 3 is 2.88 bits per heavy atom. The van der Waals surface area contributed by atoms with Crippen molar-refractivity contribution in [3.05, 3.63) is 54.4 Å². The highest BCUT2D eigenvalue weighted by Crippen LogP contribution is 2.28. The number of fused-ring (bicyclic) bond motifs is 2. The van der Waals surface area contributed by atoms with Crippen LogP contribution in [0.25, 0.3) is 26.6 Å². The summed E-state index contributed by atoms with van der Waals surface area (Å²) in [5, 5.41) is 22.4. The van der Waals surface area contributed by atoms with Crippen LogP contribution in [0.15, 0.2) is 48.5 Å². The van der Waals surface area contributed by atoms with Crippen molar-refractivity contribution in [2.24, 2.45) is 0 Å². The zero-order chi connectivity index (χ0) is 17.5. The number of benzene rings is 2. The number of rotatable bonds is 4. The molecule has 0 aliphatic rings. The minimum atomic E-state index is 0.447. The van der Waals surface area contributed by atoms with Crippen molar-refractivity contribution in [3.8, 4) is 16.3 Å². The molecule has 0 spiro atoms. The molecular formula is C17H13N7OS. The van der Waals surface area contributed by atoms with Crippen LogP contribution in [0, 0.1) is 0 Å². The van der Waals surface area contributed by atoms with Gasteiger partial charge in [-0.25, -0.2) is 4.68 Å². The average molecular weight is 363 g/mol. The summed E-state index contributed by atoms with van der Waals surface area (Å²) in [5.74, 6) is 1.50. The molecule has 0 amide bonds. The Balaban J connectivity index is 1.54. The molecule has 0 aliphatic carbocycles. The van der Waals surface area contributed by atoms with Crippen molar-refractivity contribution in [2.45, 2.75) is 6.54 Å². The van der Waals surface area contributed by atoms with Crippen LogP contribution in [-0.2, 0) is 6.54 Å². The number of para-hydroxylation sites is 1. The van der Waals surface area contributed by atoms with Gasteiger partial charge in [-0.15, -0.1) is 15.3 Å². The van der Waals surface area contributed by atoms with E-state index in [2.05, 4.69) is 25.6 Å². The predicted molar refractivity (Wildman–Crippen MR) is 97.3 cm³/mol. The van der Waals surface area contributed by atoms with Crippen molar-refractivity contribution in [3.63, 3.8) is 0 Å². The van der Waals surface area contributed by atoms with E-state index in [0.29, 0.717) is 12.4 Å². The molecule has 0 saturated heterocycles. The first-order valence-corrected chi connectivity index (χ1v) is 8.77. The Hall–Kier alpha value is -3.33. The van der Waals surface area contributed by atoms with Crippen LogP contribution < -0.4 is 4.74 Å². The summed E-state index contributed by atoms with van der Waals surface area (Å²) in [6, 6.07) is 15.6. The summed E-state index contributed by atoms with van der Waals surface area (Å²) in [6.45, 7) is 0.447. The third kappa shape index (κ3) is 2.40. The van der Waals surface area contributed by atoms with E-state index in [9.17, 15) is 0 Å². The van der Waals surface area contributed by atoms with E-state index >= 15 is 0 Å². The molecule has 0 atom stereocenters. The van der Waals surface area contributed by atoms with Gasteiger partial charge in [0.1, 0.15) is 22.8 Å². The standard InChI is InChI=1S/C17H13N7OS/c1-25-12-6-4-5-11(9-12)16-21-24-15(19-20-17(24)26-16)10-23-14-8-3-2-7-13(14)18-22-23/h2-9H,10H2,1H3. The van der Waals surface area contributed by atoms with Crippen LogP contribution >= 0.6 is 11.3 Å². The predicted octanol–water partition coefficient (Wildman–Crippen LogP) is 2.65. The quantitative estimate of drug-likeness (QED) is 0.488. The van der Waals surface area contributed by atoms with Crippen molar-refractivity contribution in [2.75, 3.05) is 7.11 Å². The molecule has 0 N–H and O–H groups in total. The molecule has 5 aromatic rings. The summed E-state index contributed by atoms with van der Waals surface area (Å²) < 4.78 is 8.85. The van der Waals surface area contributed by atoms with E-state index in [1.165, 1.54) is 11.3 Å². The first kappa shape index (κ1) is 15.0. The SMILES string of the molecule is COc1cccc(-c2nn3c(Cn4nnc5ccccc54)nnc3s2)c1. The molecule has 0 fully saturated rings.